The van der Waals surface area contributed by atoms with Gasteiger partial charge in [-0.2, -0.15) is 0 Å². The van der Waals surface area contributed by atoms with Gasteiger partial charge in [0.15, 0.2) is 0 Å². The Balaban J connectivity index is 1.76. The first-order chi connectivity index (χ1) is 9.52. The van der Waals surface area contributed by atoms with Crippen LogP contribution in [0.3, 0.4) is 0 Å². The van der Waals surface area contributed by atoms with Gasteiger partial charge in [0.05, 0.1) is 6.26 Å². The van der Waals surface area contributed by atoms with Gasteiger partial charge in [-0.05, 0) is 24.3 Å². The highest BCUT2D eigenvalue weighted by molar-refractivity contribution is 7.88. The Bertz CT molecular complexity index is 558. The van der Waals surface area contributed by atoms with Crippen LogP contribution >= 0.6 is 0 Å². The molecule has 3 fully saturated rings. The van der Waals surface area contributed by atoms with E-state index in [0.717, 1.165) is 25.9 Å². The SMILES string of the molecule is CS(=O)(=O)N1C[C@@H]2CC[C@H](C1)N(Cc1ccccc1)C2. The second-order valence-electron chi connectivity index (χ2n) is 6.09. The van der Waals surface area contributed by atoms with Gasteiger partial charge in [-0.1, -0.05) is 30.3 Å². The smallest absolute Gasteiger partial charge is 0.211 e. The molecule has 3 saturated heterocycles. The van der Waals surface area contributed by atoms with Crippen molar-refractivity contribution in [3.63, 3.8) is 0 Å². The van der Waals surface area contributed by atoms with Crippen LogP contribution in [0.1, 0.15) is 18.4 Å². The third-order valence-corrected chi connectivity index (χ3v) is 5.73. The lowest BCUT2D eigenvalue weighted by Crippen LogP contribution is -2.43. The monoisotopic (exact) mass is 294 g/mol. The third kappa shape index (κ3) is 3.05. The van der Waals surface area contributed by atoms with Crippen molar-refractivity contribution in [3.05, 3.63) is 35.9 Å². The van der Waals surface area contributed by atoms with Crippen LogP contribution in [0.4, 0.5) is 0 Å². The summed E-state index contributed by atoms with van der Waals surface area (Å²) in [5.41, 5.74) is 1.31. The average molecular weight is 294 g/mol. The fraction of sp³-hybridized carbons (Fsp3) is 0.600. The summed E-state index contributed by atoms with van der Waals surface area (Å²) in [5, 5.41) is 0. The van der Waals surface area contributed by atoms with E-state index in [-0.39, 0.29) is 0 Å². The van der Waals surface area contributed by atoms with Gasteiger partial charge in [0, 0.05) is 32.2 Å². The van der Waals surface area contributed by atoms with Crippen molar-refractivity contribution in [1.82, 2.24) is 9.21 Å². The molecule has 1 aromatic rings. The molecule has 2 bridgehead atoms. The Hall–Kier alpha value is -0.910. The number of nitrogens with zero attached hydrogens (tertiary/aromatic N) is 2. The largest absolute Gasteiger partial charge is 0.294 e. The molecule has 0 spiro atoms. The van der Waals surface area contributed by atoms with Crippen LogP contribution in [0.5, 0.6) is 0 Å². The molecule has 3 heterocycles. The molecule has 5 heteroatoms. The molecule has 0 saturated carbocycles. The molecule has 2 atom stereocenters. The number of sulfonamides is 1. The third-order valence-electron chi connectivity index (χ3n) is 4.49. The molecule has 0 aliphatic carbocycles. The van der Waals surface area contributed by atoms with E-state index in [0.29, 0.717) is 25.0 Å². The second-order valence-corrected chi connectivity index (χ2v) is 8.07. The van der Waals surface area contributed by atoms with Crippen molar-refractivity contribution in [3.8, 4) is 0 Å². The number of benzene rings is 1. The lowest BCUT2D eigenvalue weighted by atomic mass is 9.94. The zero-order valence-electron chi connectivity index (χ0n) is 11.9. The Morgan fingerprint density at radius 1 is 1.10 bits per heavy atom. The summed E-state index contributed by atoms with van der Waals surface area (Å²) >= 11 is 0. The molecule has 0 unspecified atom stereocenters. The summed E-state index contributed by atoms with van der Waals surface area (Å²) in [5.74, 6) is 0.479. The highest BCUT2D eigenvalue weighted by atomic mass is 32.2. The molecule has 0 aromatic heterocycles. The molecule has 3 aliphatic rings. The fourth-order valence-electron chi connectivity index (χ4n) is 3.42. The van der Waals surface area contributed by atoms with Crippen LogP contribution in [0, 0.1) is 5.92 Å². The zero-order valence-corrected chi connectivity index (χ0v) is 12.7. The molecule has 1 aromatic carbocycles. The number of rotatable bonds is 3. The Morgan fingerprint density at radius 3 is 2.55 bits per heavy atom. The van der Waals surface area contributed by atoms with Crippen LogP contribution in [0.15, 0.2) is 30.3 Å². The van der Waals surface area contributed by atoms with Crippen LogP contribution in [0.25, 0.3) is 0 Å². The Morgan fingerprint density at radius 2 is 1.85 bits per heavy atom. The van der Waals surface area contributed by atoms with Gasteiger partial charge in [-0.15, -0.1) is 0 Å². The van der Waals surface area contributed by atoms with E-state index < -0.39 is 10.0 Å². The Kier molecular flexibility index (Phi) is 3.84. The van der Waals surface area contributed by atoms with Crippen molar-refractivity contribution >= 4 is 10.0 Å². The summed E-state index contributed by atoms with van der Waals surface area (Å²) in [6, 6.07) is 10.8. The van der Waals surface area contributed by atoms with Crippen LogP contribution in [-0.2, 0) is 16.6 Å². The standard InChI is InChI=1S/C15H22N2O2S/c1-20(18,19)17-11-14-7-8-15(12-17)16(10-14)9-13-5-3-2-4-6-13/h2-6,14-15H,7-12H2,1H3/t14-,15-/m1/s1. The van der Waals surface area contributed by atoms with E-state index in [1.54, 1.807) is 4.31 Å². The molecule has 3 aliphatic heterocycles. The van der Waals surface area contributed by atoms with Crippen molar-refractivity contribution in [2.24, 2.45) is 5.92 Å². The number of hydrogen-bond donors (Lipinski definition) is 0. The number of piperidine rings is 1. The van der Waals surface area contributed by atoms with Crippen LogP contribution in [-0.4, -0.2) is 49.6 Å². The van der Waals surface area contributed by atoms with E-state index in [1.807, 2.05) is 6.07 Å². The highest BCUT2D eigenvalue weighted by Gasteiger charge is 2.37. The maximum absolute atomic E-state index is 11.8. The van der Waals surface area contributed by atoms with Crippen molar-refractivity contribution in [2.45, 2.75) is 25.4 Å². The summed E-state index contributed by atoms with van der Waals surface area (Å²) in [4.78, 5) is 2.47. The minimum absolute atomic E-state index is 0.365. The van der Waals surface area contributed by atoms with Crippen molar-refractivity contribution in [1.29, 1.82) is 0 Å². The topological polar surface area (TPSA) is 40.6 Å². The minimum Gasteiger partial charge on any atom is -0.294 e. The maximum Gasteiger partial charge on any atom is 0.211 e. The molecule has 4 rings (SSSR count). The second kappa shape index (κ2) is 5.47. The van der Waals surface area contributed by atoms with E-state index in [9.17, 15) is 8.42 Å². The maximum atomic E-state index is 11.8. The molecule has 0 N–H and O–H groups in total. The lowest BCUT2D eigenvalue weighted by Gasteiger charge is -2.36. The predicted octanol–water partition coefficient (Wildman–Crippen LogP) is 1.54. The van der Waals surface area contributed by atoms with Gasteiger partial charge < -0.3 is 0 Å². The van der Waals surface area contributed by atoms with Gasteiger partial charge in [0.1, 0.15) is 0 Å². The highest BCUT2D eigenvalue weighted by Crippen LogP contribution is 2.30. The molecule has 110 valence electrons. The zero-order chi connectivity index (χ0) is 14.2. The average Bonchev–Trinajstić information content (AvgIpc) is 2.71. The van der Waals surface area contributed by atoms with Gasteiger partial charge >= 0.3 is 0 Å². The first kappa shape index (κ1) is 14.0. The Labute approximate surface area is 121 Å². The first-order valence-corrected chi connectivity index (χ1v) is 9.10. The minimum atomic E-state index is -3.06. The van der Waals surface area contributed by atoms with Gasteiger partial charge in [-0.3, -0.25) is 4.90 Å². The van der Waals surface area contributed by atoms with E-state index in [1.165, 1.54) is 11.8 Å². The van der Waals surface area contributed by atoms with E-state index in [4.69, 9.17) is 0 Å². The molecule has 4 nitrogen and oxygen atoms in total. The molecule has 0 amide bonds. The van der Waals surface area contributed by atoms with Crippen molar-refractivity contribution < 1.29 is 8.42 Å². The summed E-state index contributed by atoms with van der Waals surface area (Å²) in [6.07, 6.45) is 3.60. The lowest BCUT2D eigenvalue weighted by molar-refractivity contribution is 0.125. The van der Waals surface area contributed by atoms with E-state index >= 15 is 0 Å². The number of hydrogen-bond acceptors (Lipinski definition) is 3. The summed E-state index contributed by atoms with van der Waals surface area (Å²) in [7, 11) is -3.06. The summed E-state index contributed by atoms with van der Waals surface area (Å²) < 4.78 is 25.3. The molecular weight excluding hydrogens is 272 g/mol. The molecule has 0 radical (unpaired) electrons. The van der Waals surface area contributed by atoms with Crippen LogP contribution in [0.2, 0.25) is 0 Å². The molecule has 20 heavy (non-hydrogen) atoms. The first-order valence-electron chi connectivity index (χ1n) is 7.25. The fourth-order valence-corrected chi connectivity index (χ4v) is 4.34. The normalized spacial score (nSPS) is 28.4. The molecular formula is C15H22N2O2S. The van der Waals surface area contributed by atoms with Crippen molar-refractivity contribution in [2.75, 3.05) is 25.9 Å². The van der Waals surface area contributed by atoms with Crippen LogP contribution < -0.4 is 0 Å². The van der Waals surface area contributed by atoms with Gasteiger partial charge in [-0.25, -0.2) is 12.7 Å². The number of fused-ring (bicyclic) bond motifs is 4. The summed E-state index contributed by atoms with van der Waals surface area (Å²) in [6.45, 7) is 3.30. The predicted molar refractivity (Wildman–Crippen MR) is 79.8 cm³/mol. The van der Waals surface area contributed by atoms with Gasteiger partial charge in [0.2, 0.25) is 10.0 Å². The van der Waals surface area contributed by atoms with E-state index in [2.05, 4.69) is 29.2 Å². The quantitative estimate of drug-likeness (QED) is 0.849. The van der Waals surface area contributed by atoms with Gasteiger partial charge in [0.25, 0.3) is 0 Å².